The molecule has 5 heterocycles. The molecule has 3 atom stereocenters. The van der Waals surface area contributed by atoms with E-state index in [0.29, 0.717) is 29.4 Å². The molecule has 3 aromatic heterocycles. The van der Waals surface area contributed by atoms with E-state index in [-0.39, 0.29) is 18.3 Å². The zero-order chi connectivity index (χ0) is 25.8. The Morgan fingerprint density at radius 1 is 1.16 bits per heavy atom. The van der Waals surface area contributed by atoms with Crippen LogP contribution in [0.4, 0.5) is 5.82 Å². The van der Waals surface area contributed by atoms with Crippen LogP contribution in [0.3, 0.4) is 0 Å². The summed E-state index contributed by atoms with van der Waals surface area (Å²) in [5.74, 6) is 2.24. The summed E-state index contributed by atoms with van der Waals surface area (Å²) in [6.45, 7) is 4.81. The molecule has 11 nitrogen and oxygen atoms in total. The molecule has 3 fully saturated rings. The Labute approximate surface area is 225 Å². The van der Waals surface area contributed by atoms with Gasteiger partial charge in [-0.1, -0.05) is 31.4 Å². The van der Waals surface area contributed by atoms with Gasteiger partial charge in [-0.15, -0.1) is 5.10 Å². The number of nitrogens with one attached hydrogen (secondary N) is 2. The van der Waals surface area contributed by atoms with Gasteiger partial charge in [-0.05, 0) is 50.0 Å². The van der Waals surface area contributed by atoms with Gasteiger partial charge in [0, 0.05) is 37.1 Å². The number of nitrogens with zero attached hydrogens (tertiary/aromatic N) is 6. The van der Waals surface area contributed by atoms with Gasteiger partial charge < -0.3 is 14.1 Å². The molecule has 3 aromatic rings. The van der Waals surface area contributed by atoms with E-state index in [2.05, 4.69) is 37.3 Å². The van der Waals surface area contributed by atoms with E-state index in [0.717, 1.165) is 48.9 Å². The summed E-state index contributed by atoms with van der Waals surface area (Å²) in [4.78, 5) is 26.2. The van der Waals surface area contributed by atoms with Crippen LogP contribution in [0.15, 0.2) is 27.7 Å². The Hall–Kier alpha value is -2.89. The monoisotopic (exact) mass is 540 g/mol. The fourth-order valence-corrected chi connectivity index (χ4v) is 6.97. The van der Waals surface area contributed by atoms with Gasteiger partial charge in [-0.3, -0.25) is 15.3 Å². The standard InChI is InChI=1S/C26H33ClN8O3/c1-15-5-7-16(8-6-15)14-34-24-21(17-11-18(27)13-28-12-17)29-22(23-30-31-26(36)38-23)35(24)32-25(34)33-9-10-37-20-4-2-3-19(20)33/h11-13,15-16,19-20,25,32H,2-10,14H2,1H3,(H,31,36)/t15-,16-,19-,20-,25+/m1/s1. The van der Waals surface area contributed by atoms with Gasteiger partial charge in [0.05, 0.1) is 17.7 Å². The number of morpholine rings is 1. The van der Waals surface area contributed by atoms with Crippen molar-refractivity contribution in [2.45, 2.75) is 70.3 Å². The van der Waals surface area contributed by atoms with E-state index in [9.17, 15) is 4.79 Å². The number of hydrogen-bond acceptors (Lipinski definition) is 9. The first-order valence-corrected chi connectivity index (χ1v) is 14.1. The summed E-state index contributed by atoms with van der Waals surface area (Å²) in [5.41, 5.74) is 5.26. The van der Waals surface area contributed by atoms with Crippen molar-refractivity contribution in [3.63, 3.8) is 0 Å². The Morgan fingerprint density at radius 3 is 2.82 bits per heavy atom. The van der Waals surface area contributed by atoms with Crippen molar-refractivity contribution in [2.24, 2.45) is 11.8 Å². The minimum Gasteiger partial charge on any atom is -0.384 e. The normalized spacial score (nSPS) is 29.3. The molecule has 0 amide bonds. The van der Waals surface area contributed by atoms with E-state index >= 15 is 0 Å². The van der Waals surface area contributed by atoms with Crippen molar-refractivity contribution in [1.29, 1.82) is 0 Å². The van der Waals surface area contributed by atoms with Crippen LogP contribution in [0, 0.1) is 11.8 Å². The molecule has 12 heteroatoms. The summed E-state index contributed by atoms with van der Waals surface area (Å²) in [6.07, 6.45) is 11.9. The molecule has 2 aliphatic carbocycles. The summed E-state index contributed by atoms with van der Waals surface area (Å²) < 4.78 is 13.5. The van der Waals surface area contributed by atoms with Gasteiger partial charge >= 0.3 is 5.76 Å². The van der Waals surface area contributed by atoms with E-state index in [1.165, 1.54) is 32.1 Å². The highest BCUT2D eigenvalue weighted by molar-refractivity contribution is 6.30. The lowest BCUT2D eigenvalue weighted by Crippen LogP contribution is -2.61. The number of pyridine rings is 1. The number of fused-ring (bicyclic) bond motifs is 2. The fourth-order valence-electron chi connectivity index (χ4n) is 6.79. The first-order valence-electron chi connectivity index (χ1n) is 13.7. The molecule has 0 radical (unpaired) electrons. The van der Waals surface area contributed by atoms with Crippen molar-refractivity contribution in [2.75, 3.05) is 30.0 Å². The average molecular weight is 541 g/mol. The lowest BCUT2D eigenvalue weighted by Gasteiger charge is -2.45. The number of H-pyrrole nitrogens is 1. The van der Waals surface area contributed by atoms with Crippen molar-refractivity contribution in [1.82, 2.24) is 29.7 Å². The number of ether oxygens (including phenoxy) is 1. The van der Waals surface area contributed by atoms with Crippen molar-refractivity contribution < 1.29 is 9.15 Å². The van der Waals surface area contributed by atoms with Crippen molar-refractivity contribution in [3.05, 3.63) is 34.0 Å². The topological polar surface area (TPSA) is 117 Å². The minimum atomic E-state index is -0.618. The zero-order valence-electron chi connectivity index (χ0n) is 21.5. The number of imidazole rings is 1. The Morgan fingerprint density at radius 2 is 2.03 bits per heavy atom. The lowest BCUT2D eigenvalue weighted by atomic mass is 9.83. The molecule has 0 unspecified atom stereocenters. The maximum absolute atomic E-state index is 11.9. The van der Waals surface area contributed by atoms with E-state index in [4.69, 9.17) is 25.7 Å². The van der Waals surface area contributed by atoms with Gasteiger partial charge in [0.1, 0.15) is 5.69 Å². The third-order valence-corrected chi connectivity index (χ3v) is 8.91. The molecule has 1 saturated heterocycles. The van der Waals surface area contributed by atoms with Gasteiger partial charge in [0.15, 0.2) is 12.1 Å². The second-order valence-corrected chi connectivity index (χ2v) is 11.6. The fraction of sp³-hybridized carbons (Fsp3) is 0.615. The summed E-state index contributed by atoms with van der Waals surface area (Å²) in [5, 5.41) is 7.02. The number of anilines is 1. The first kappa shape index (κ1) is 24.2. The van der Waals surface area contributed by atoms with Crippen LogP contribution < -0.4 is 16.1 Å². The number of halogens is 1. The highest BCUT2D eigenvalue weighted by atomic mass is 35.5. The van der Waals surface area contributed by atoms with E-state index < -0.39 is 5.76 Å². The molecule has 202 valence electrons. The van der Waals surface area contributed by atoms with Crippen LogP contribution in [-0.2, 0) is 4.74 Å². The molecule has 4 aliphatic rings. The molecule has 2 N–H and O–H groups in total. The highest BCUT2D eigenvalue weighted by Crippen LogP contribution is 2.43. The molecule has 7 rings (SSSR count). The van der Waals surface area contributed by atoms with Crippen molar-refractivity contribution >= 4 is 17.4 Å². The number of aromatic nitrogens is 5. The third-order valence-electron chi connectivity index (χ3n) is 8.70. The van der Waals surface area contributed by atoms with Gasteiger partial charge in [0.2, 0.25) is 5.82 Å². The second-order valence-electron chi connectivity index (χ2n) is 11.2. The number of hydrogen-bond donors (Lipinski definition) is 2. The average Bonchev–Trinajstić information content (AvgIpc) is 3.70. The first-order chi connectivity index (χ1) is 18.5. The van der Waals surface area contributed by atoms with E-state index in [1.54, 1.807) is 12.4 Å². The molecule has 0 bridgehead atoms. The van der Waals surface area contributed by atoms with E-state index in [1.807, 2.05) is 10.7 Å². The molecular formula is C26H33ClN8O3. The lowest BCUT2D eigenvalue weighted by molar-refractivity contribution is -0.0684. The van der Waals surface area contributed by atoms with Crippen LogP contribution in [0.5, 0.6) is 0 Å². The summed E-state index contributed by atoms with van der Waals surface area (Å²) in [7, 11) is 0. The van der Waals surface area contributed by atoms with Crippen LogP contribution in [-0.4, -0.2) is 67.9 Å². The summed E-state index contributed by atoms with van der Waals surface area (Å²) >= 11 is 6.36. The highest BCUT2D eigenvalue weighted by Gasteiger charge is 2.46. The number of rotatable bonds is 5. The molecular weight excluding hydrogens is 508 g/mol. The summed E-state index contributed by atoms with van der Waals surface area (Å²) in [6, 6.07) is 2.23. The third kappa shape index (κ3) is 4.20. The Balaban J connectivity index is 1.35. The maximum atomic E-state index is 11.9. The van der Waals surface area contributed by atoms with Crippen LogP contribution in [0.2, 0.25) is 5.02 Å². The molecule has 2 aliphatic heterocycles. The smallest absolute Gasteiger partial charge is 0.384 e. The second kappa shape index (κ2) is 9.69. The predicted octanol–water partition coefficient (Wildman–Crippen LogP) is 3.67. The number of aromatic amines is 1. The van der Waals surface area contributed by atoms with Crippen molar-refractivity contribution in [3.8, 4) is 23.0 Å². The molecule has 0 aromatic carbocycles. The SMILES string of the molecule is C[C@H]1CC[C@H](CN2c3c(-c4cncc(Cl)c4)nc(-c4n[nH]c(=O)o4)n3N[C@H]2N2CCO[C@@H]3CCC[C@H]32)CC1. The molecule has 38 heavy (non-hydrogen) atoms. The predicted molar refractivity (Wildman–Crippen MR) is 142 cm³/mol. The molecule has 0 spiro atoms. The van der Waals surface area contributed by atoms with Crippen LogP contribution in [0.25, 0.3) is 23.0 Å². The van der Waals surface area contributed by atoms with Gasteiger partial charge in [0.25, 0.3) is 5.89 Å². The zero-order valence-corrected chi connectivity index (χ0v) is 22.2. The molecule has 2 saturated carbocycles. The minimum absolute atomic E-state index is 0.0860. The Kier molecular flexibility index (Phi) is 6.17. The van der Waals surface area contributed by atoms with Crippen LogP contribution in [0.1, 0.15) is 51.9 Å². The largest absolute Gasteiger partial charge is 0.434 e. The Bertz CT molecular complexity index is 1360. The maximum Gasteiger partial charge on any atom is 0.434 e. The quantitative estimate of drug-likeness (QED) is 0.499. The van der Waals surface area contributed by atoms with Gasteiger partial charge in [-0.25, -0.2) is 19.6 Å². The van der Waals surface area contributed by atoms with Gasteiger partial charge in [-0.2, -0.15) is 0 Å². The van der Waals surface area contributed by atoms with Crippen LogP contribution >= 0.6 is 11.6 Å².